The molecular weight excluding hydrogens is 410 g/mol. The number of hydrogen-bond donors (Lipinski definition) is 3. The summed E-state index contributed by atoms with van der Waals surface area (Å²) in [4.78, 5) is 34.4. The van der Waals surface area contributed by atoms with Crippen LogP contribution in [0.1, 0.15) is 16.2 Å². The highest BCUT2D eigenvalue weighted by atomic mass is 16.3. The number of nitrogens with zero attached hydrogens (tertiary/aromatic N) is 6. The maximum atomic E-state index is 12.9. The zero-order valence-electron chi connectivity index (χ0n) is 16.6. The molecule has 0 atom stereocenters. The molecule has 1 amide bonds. The topological polar surface area (TPSA) is 163 Å². The number of carbonyl (C=O) groups excluding carboxylic acids is 1. The van der Waals surface area contributed by atoms with E-state index in [0.29, 0.717) is 28.5 Å². The number of nitrogen functional groups attached to an aromatic ring is 2. The minimum atomic E-state index is -0.497. The van der Waals surface area contributed by atoms with E-state index in [9.17, 15) is 4.79 Å². The number of anilines is 2. The Morgan fingerprint density at radius 1 is 1.03 bits per heavy atom. The number of fused-ring (bicyclic) bond motifs is 1. The third-order valence-corrected chi connectivity index (χ3v) is 4.69. The van der Waals surface area contributed by atoms with Crippen LogP contribution in [0.25, 0.3) is 28.5 Å². The van der Waals surface area contributed by atoms with Crippen LogP contribution in [0.15, 0.2) is 65.8 Å². The van der Waals surface area contributed by atoms with Crippen molar-refractivity contribution < 1.29 is 9.21 Å². The van der Waals surface area contributed by atoms with Gasteiger partial charge in [0.15, 0.2) is 17.2 Å². The second-order valence-corrected chi connectivity index (χ2v) is 6.84. The van der Waals surface area contributed by atoms with Crippen molar-refractivity contribution in [2.24, 2.45) is 0 Å². The molecule has 32 heavy (non-hydrogen) atoms. The highest BCUT2D eigenvalue weighted by Gasteiger charge is 2.22. The molecule has 0 saturated heterocycles. The average Bonchev–Trinajstić information content (AvgIpc) is 3.49. The van der Waals surface area contributed by atoms with Gasteiger partial charge in [-0.05, 0) is 24.3 Å². The fraction of sp³-hybridized carbons (Fsp3) is 0.0476. The van der Waals surface area contributed by atoms with E-state index in [0.717, 1.165) is 5.65 Å². The first-order valence-corrected chi connectivity index (χ1v) is 9.58. The van der Waals surface area contributed by atoms with E-state index < -0.39 is 5.91 Å². The summed E-state index contributed by atoms with van der Waals surface area (Å²) in [5, 5.41) is 2.75. The van der Waals surface area contributed by atoms with Crippen LogP contribution in [0, 0.1) is 0 Å². The van der Waals surface area contributed by atoms with Gasteiger partial charge in [0.05, 0.1) is 18.4 Å². The second kappa shape index (κ2) is 7.80. The number of nitrogens with two attached hydrogens (primary N) is 2. The van der Waals surface area contributed by atoms with Crippen LogP contribution in [0.5, 0.6) is 0 Å². The largest absolute Gasteiger partial charge is 0.443 e. The fourth-order valence-electron chi connectivity index (χ4n) is 3.22. The van der Waals surface area contributed by atoms with Crippen molar-refractivity contribution in [3.63, 3.8) is 0 Å². The molecule has 0 aliphatic heterocycles. The number of oxazole rings is 1. The molecule has 158 valence electrons. The van der Waals surface area contributed by atoms with Crippen LogP contribution in [0.4, 0.5) is 11.6 Å². The van der Waals surface area contributed by atoms with E-state index in [1.54, 1.807) is 30.6 Å². The summed E-state index contributed by atoms with van der Waals surface area (Å²) < 4.78 is 7.25. The van der Waals surface area contributed by atoms with Gasteiger partial charge in [-0.3, -0.25) is 4.79 Å². The maximum Gasteiger partial charge on any atom is 0.274 e. The SMILES string of the molecule is Nc1cccc(CNC(=O)c2nc(-c3ccc4nccn4c3)c(-c3ncco3)nc2N)n1. The molecule has 0 aliphatic rings. The number of pyridine rings is 2. The van der Waals surface area contributed by atoms with E-state index in [1.165, 1.54) is 12.5 Å². The first-order valence-electron chi connectivity index (χ1n) is 9.58. The van der Waals surface area contributed by atoms with Gasteiger partial charge in [0.1, 0.15) is 23.4 Å². The summed E-state index contributed by atoms with van der Waals surface area (Å²) in [5.74, 6) is 0.0520. The molecule has 11 nitrogen and oxygen atoms in total. The Morgan fingerprint density at radius 3 is 2.75 bits per heavy atom. The smallest absolute Gasteiger partial charge is 0.274 e. The highest BCUT2D eigenvalue weighted by Crippen LogP contribution is 2.30. The van der Waals surface area contributed by atoms with Crippen molar-refractivity contribution in [1.29, 1.82) is 0 Å². The Labute approximate surface area is 181 Å². The molecule has 0 saturated carbocycles. The quantitative estimate of drug-likeness (QED) is 0.380. The van der Waals surface area contributed by atoms with E-state index in [2.05, 4.69) is 30.2 Å². The van der Waals surface area contributed by atoms with Gasteiger partial charge in [-0.25, -0.2) is 24.9 Å². The summed E-state index contributed by atoms with van der Waals surface area (Å²) in [6.45, 7) is 0.156. The van der Waals surface area contributed by atoms with Crippen LogP contribution in [-0.4, -0.2) is 35.2 Å². The summed E-state index contributed by atoms with van der Waals surface area (Å²) in [7, 11) is 0. The van der Waals surface area contributed by atoms with Gasteiger partial charge in [-0.1, -0.05) is 6.07 Å². The number of aromatic nitrogens is 6. The van der Waals surface area contributed by atoms with E-state index in [1.807, 2.05) is 22.7 Å². The molecule has 0 aliphatic carbocycles. The number of nitrogens with one attached hydrogen (secondary N) is 1. The minimum absolute atomic E-state index is 0.0232. The Kier molecular flexibility index (Phi) is 4.67. The molecule has 5 rings (SSSR count). The summed E-state index contributed by atoms with van der Waals surface area (Å²) in [6.07, 6.45) is 8.24. The van der Waals surface area contributed by atoms with Gasteiger partial charge in [0, 0.05) is 24.2 Å². The Balaban J connectivity index is 1.55. The zero-order valence-corrected chi connectivity index (χ0v) is 16.6. The van der Waals surface area contributed by atoms with Crippen LogP contribution >= 0.6 is 0 Å². The van der Waals surface area contributed by atoms with Crippen molar-refractivity contribution in [2.45, 2.75) is 6.54 Å². The van der Waals surface area contributed by atoms with Crippen LogP contribution in [0.3, 0.4) is 0 Å². The monoisotopic (exact) mass is 427 g/mol. The third-order valence-electron chi connectivity index (χ3n) is 4.69. The Bertz CT molecular complexity index is 1430. The van der Waals surface area contributed by atoms with Crippen molar-refractivity contribution >= 4 is 23.2 Å². The fourth-order valence-corrected chi connectivity index (χ4v) is 3.22. The van der Waals surface area contributed by atoms with Gasteiger partial charge < -0.3 is 25.6 Å². The molecule has 0 radical (unpaired) electrons. The standard InChI is InChI=1S/C21H17N9O2/c22-14-3-1-2-13(27-14)10-26-20(31)18-19(23)29-17(21-25-7-9-32-21)16(28-18)12-4-5-15-24-6-8-30(15)11-12/h1-9,11H,10H2,(H2,22,27)(H2,23,29)(H,26,31). The molecule has 5 N–H and O–H groups in total. The number of amides is 1. The molecule has 5 aromatic heterocycles. The van der Waals surface area contributed by atoms with Crippen molar-refractivity contribution in [1.82, 2.24) is 34.6 Å². The lowest BCUT2D eigenvalue weighted by atomic mass is 10.1. The molecule has 11 heteroatoms. The van der Waals surface area contributed by atoms with Crippen LogP contribution in [0.2, 0.25) is 0 Å². The van der Waals surface area contributed by atoms with Gasteiger partial charge in [0.25, 0.3) is 5.91 Å². The Morgan fingerprint density at radius 2 is 1.94 bits per heavy atom. The third kappa shape index (κ3) is 3.58. The molecule has 0 fully saturated rings. The van der Waals surface area contributed by atoms with Gasteiger partial charge in [0.2, 0.25) is 5.89 Å². The number of rotatable bonds is 5. The lowest BCUT2D eigenvalue weighted by Crippen LogP contribution is -2.26. The zero-order chi connectivity index (χ0) is 22.1. The van der Waals surface area contributed by atoms with Crippen LogP contribution < -0.4 is 16.8 Å². The van der Waals surface area contributed by atoms with Crippen LogP contribution in [-0.2, 0) is 6.54 Å². The lowest BCUT2D eigenvalue weighted by Gasteiger charge is -2.12. The summed E-state index contributed by atoms with van der Waals surface area (Å²) >= 11 is 0. The normalized spacial score (nSPS) is 11.0. The molecule has 0 bridgehead atoms. The van der Waals surface area contributed by atoms with Crippen molar-refractivity contribution in [3.05, 3.63) is 72.8 Å². The molecule has 0 unspecified atom stereocenters. The molecule has 5 aromatic rings. The lowest BCUT2D eigenvalue weighted by molar-refractivity contribution is 0.0946. The first-order chi connectivity index (χ1) is 15.6. The van der Waals surface area contributed by atoms with Gasteiger partial charge in [-0.15, -0.1) is 0 Å². The predicted octanol–water partition coefficient (Wildman–Crippen LogP) is 1.94. The maximum absolute atomic E-state index is 12.9. The highest BCUT2D eigenvalue weighted by molar-refractivity contribution is 5.97. The Hall–Kier alpha value is -4.80. The van der Waals surface area contributed by atoms with Gasteiger partial charge in [-0.2, -0.15) is 0 Å². The molecular formula is C21H17N9O2. The van der Waals surface area contributed by atoms with E-state index >= 15 is 0 Å². The predicted molar refractivity (Wildman–Crippen MR) is 116 cm³/mol. The van der Waals surface area contributed by atoms with Crippen molar-refractivity contribution in [2.75, 3.05) is 11.5 Å². The summed E-state index contributed by atoms with van der Waals surface area (Å²) in [5.41, 5.74) is 14.5. The minimum Gasteiger partial charge on any atom is -0.443 e. The average molecular weight is 427 g/mol. The van der Waals surface area contributed by atoms with Crippen molar-refractivity contribution in [3.8, 4) is 22.8 Å². The molecule has 5 heterocycles. The number of carbonyl (C=O) groups is 1. The summed E-state index contributed by atoms with van der Waals surface area (Å²) in [6, 6.07) is 8.83. The molecule has 0 spiro atoms. The van der Waals surface area contributed by atoms with Gasteiger partial charge >= 0.3 is 0 Å². The van der Waals surface area contributed by atoms with E-state index in [-0.39, 0.29) is 23.9 Å². The van der Waals surface area contributed by atoms with E-state index in [4.69, 9.17) is 15.9 Å². The number of imidazole rings is 1. The second-order valence-electron chi connectivity index (χ2n) is 6.84. The number of hydrogen-bond acceptors (Lipinski definition) is 9. The molecule has 0 aromatic carbocycles. The first kappa shape index (κ1) is 19.2.